The molecule has 1 spiro atoms. The minimum Gasteiger partial charge on any atom is -0.309 e. The van der Waals surface area contributed by atoms with Crippen molar-refractivity contribution >= 4 is 55.4 Å². The highest BCUT2D eigenvalue weighted by atomic mass is 32.2. The molecule has 11 aromatic rings. The number of para-hydroxylation sites is 3. The Hall–Kier alpha value is -7.07. The molecule has 0 bridgehead atoms. The Morgan fingerprint density at radius 2 is 0.793 bits per heavy atom. The van der Waals surface area contributed by atoms with Crippen molar-refractivity contribution in [1.29, 1.82) is 0 Å². The molecule has 2 aromatic heterocycles. The van der Waals surface area contributed by atoms with E-state index in [2.05, 4.69) is 215 Å². The molecule has 0 saturated carbocycles. The molecule has 2 aliphatic rings. The molecule has 0 saturated heterocycles. The molecular formula is C55H34N2S. The van der Waals surface area contributed by atoms with E-state index in [0.29, 0.717) is 0 Å². The van der Waals surface area contributed by atoms with Crippen molar-refractivity contribution in [3.8, 4) is 33.6 Å². The molecule has 0 N–H and O–H groups in total. The van der Waals surface area contributed by atoms with E-state index >= 15 is 0 Å². The van der Waals surface area contributed by atoms with Crippen LogP contribution >= 0.6 is 11.8 Å². The van der Waals surface area contributed by atoms with Gasteiger partial charge in [-0.15, -0.1) is 0 Å². The molecule has 9 aromatic carbocycles. The van der Waals surface area contributed by atoms with Crippen molar-refractivity contribution in [3.63, 3.8) is 0 Å². The minimum atomic E-state index is -0.382. The van der Waals surface area contributed by atoms with Gasteiger partial charge in [0.15, 0.2) is 0 Å². The van der Waals surface area contributed by atoms with Gasteiger partial charge in [-0.25, -0.2) is 0 Å². The molecule has 3 heterocycles. The van der Waals surface area contributed by atoms with Crippen LogP contribution in [0.5, 0.6) is 0 Å². The zero-order valence-corrected chi connectivity index (χ0v) is 32.2. The summed E-state index contributed by atoms with van der Waals surface area (Å²) in [5.74, 6) is 0. The van der Waals surface area contributed by atoms with Crippen LogP contribution in [-0.4, -0.2) is 9.13 Å². The highest BCUT2D eigenvalue weighted by Gasteiger charge is 2.50. The van der Waals surface area contributed by atoms with Crippen LogP contribution in [0.2, 0.25) is 0 Å². The van der Waals surface area contributed by atoms with Gasteiger partial charge in [0.2, 0.25) is 0 Å². The standard InChI is InChI=1S/C55H34N2S/c1-2-14-37(15-3-1)56-49-22-10-5-17-40(49)43-32-35(26-30-51(43)56)36-27-31-52-44(33-36)41-18-6-11-23-50(41)57(52)38-28-29-46-42(34-38)39-16-4-7-19-45(39)55(46)47-20-8-12-24-53(47)58-54-25-13-9-21-48(54)55/h1-34H. The molecule has 58 heavy (non-hydrogen) atoms. The molecule has 13 rings (SSSR count). The quantitative estimate of drug-likeness (QED) is 0.175. The molecule has 1 aliphatic carbocycles. The lowest BCUT2D eigenvalue weighted by Gasteiger charge is -2.39. The summed E-state index contributed by atoms with van der Waals surface area (Å²) in [6, 6.07) is 76.7. The van der Waals surface area contributed by atoms with Crippen LogP contribution in [-0.2, 0) is 5.41 Å². The van der Waals surface area contributed by atoms with Gasteiger partial charge < -0.3 is 9.13 Å². The lowest BCUT2D eigenvalue weighted by atomic mass is 9.67. The van der Waals surface area contributed by atoms with Crippen LogP contribution in [0.3, 0.4) is 0 Å². The number of hydrogen-bond acceptors (Lipinski definition) is 1. The summed E-state index contributed by atoms with van der Waals surface area (Å²) in [6.07, 6.45) is 0. The average Bonchev–Trinajstić information content (AvgIpc) is 3.90. The Bertz CT molecular complexity index is 3450. The van der Waals surface area contributed by atoms with Gasteiger partial charge in [-0.1, -0.05) is 145 Å². The average molecular weight is 755 g/mol. The van der Waals surface area contributed by atoms with E-state index in [1.165, 1.54) is 109 Å². The van der Waals surface area contributed by atoms with E-state index in [9.17, 15) is 0 Å². The predicted octanol–water partition coefficient (Wildman–Crippen LogP) is 14.4. The Morgan fingerprint density at radius 1 is 0.310 bits per heavy atom. The van der Waals surface area contributed by atoms with Gasteiger partial charge in [0, 0.05) is 42.7 Å². The summed E-state index contributed by atoms with van der Waals surface area (Å²) >= 11 is 1.89. The Morgan fingerprint density at radius 3 is 1.43 bits per heavy atom. The predicted molar refractivity (Wildman–Crippen MR) is 242 cm³/mol. The SMILES string of the molecule is c1ccc(-n2c3ccccc3c3cc(-c4ccc5c(c4)c4ccccc4n5-c4ccc5c(c4)-c4ccccc4C54c5ccccc5Sc5ccccc54)ccc32)cc1. The van der Waals surface area contributed by atoms with Crippen molar-refractivity contribution < 1.29 is 0 Å². The lowest BCUT2D eigenvalue weighted by molar-refractivity contribution is 0.722. The number of fused-ring (bicyclic) bond motifs is 15. The molecular weight excluding hydrogens is 721 g/mol. The van der Waals surface area contributed by atoms with Crippen LogP contribution in [0.4, 0.5) is 0 Å². The number of aromatic nitrogens is 2. The number of benzene rings is 9. The fraction of sp³-hybridized carbons (Fsp3) is 0.0182. The van der Waals surface area contributed by atoms with E-state index in [1.807, 2.05) is 11.8 Å². The second-order valence-electron chi connectivity index (χ2n) is 15.6. The largest absolute Gasteiger partial charge is 0.309 e. The van der Waals surface area contributed by atoms with Gasteiger partial charge in [-0.05, 0) is 117 Å². The van der Waals surface area contributed by atoms with Crippen molar-refractivity contribution in [2.75, 3.05) is 0 Å². The fourth-order valence-corrected chi connectivity index (χ4v) is 11.6. The molecule has 1 aliphatic heterocycles. The third kappa shape index (κ3) is 4.23. The van der Waals surface area contributed by atoms with Crippen LogP contribution < -0.4 is 0 Å². The second-order valence-corrected chi connectivity index (χ2v) is 16.7. The summed E-state index contributed by atoms with van der Waals surface area (Å²) in [7, 11) is 0. The first kappa shape index (κ1) is 32.1. The van der Waals surface area contributed by atoms with Gasteiger partial charge in [0.05, 0.1) is 27.5 Å². The summed E-state index contributed by atoms with van der Waals surface area (Å²) in [5, 5.41) is 5.03. The molecule has 3 heteroatoms. The van der Waals surface area contributed by atoms with Crippen LogP contribution in [0, 0.1) is 0 Å². The highest BCUT2D eigenvalue weighted by molar-refractivity contribution is 7.99. The van der Waals surface area contributed by atoms with Crippen LogP contribution in [0.1, 0.15) is 22.3 Å². The van der Waals surface area contributed by atoms with Crippen molar-refractivity contribution in [3.05, 3.63) is 229 Å². The first-order valence-electron chi connectivity index (χ1n) is 20.0. The van der Waals surface area contributed by atoms with Crippen LogP contribution in [0.15, 0.2) is 216 Å². The van der Waals surface area contributed by atoms with Gasteiger partial charge in [-0.2, -0.15) is 0 Å². The molecule has 270 valence electrons. The summed E-state index contributed by atoms with van der Waals surface area (Å²) in [5.41, 5.74) is 17.3. The smallest absolute Gasteiger partial charge is 0.0735 e. The first-order chi connectivity index (χ1) is 28.8. The summed E-state index contributed by atoms with van der Waals surface area (Å²) in [4.78, 5) is 2.65. The van der Waals surface area contributed by atoms with Gasteiger partial charge in [-0.3, -0.25) is 0 Å². The molecule has 0 fully saturated rings. The van der Waals surface area contributed by atoms with E-state index in [0.717, 1.165) is 0 Å². The molecule has 0 atom stereocenters. The monoisotopic (exact) mass is 754 g/mol. The second kappa shape index (κ2) is 12.0. The van der Waals surface area contributed by atoms with E-state index < -0.39 is 0 Å². The molecule has 0 radical (unpaired) electrons. The van der Waals surface area contributed by atoms with E-state index in [4.69, 9.17) is 0 Å². The number of hydrogen-bond donors (Lipinski definition) is 0. The summed E-state index contributed by atoms with van der Waals surface area (Å²) in [6.45, 7) is 0. The Labute approximate surface area is 340 Å². The van der Waals surface area contributed by atoms with E-state index in [-0.39, 0.29) is 5.41 Å². The number of nitrogens with zero attached hydrogens (tertiary/aromatic N) is 2. The molecule has 0 unspecified atom stereocenters. The Balaban J connectivity index is 1.00. The lowest BCUT2D eigenvalue weighted by Crippen LogP contribution is -2.31. The molecule has 0 amide bonds. The first-order valence-corrected chi connectivity index (χ1v) is 20.8. The van der Waals surface area contributed by atoms with Crippen molar-refractivity contribution in [1.82, 2.24) is 9.13 Å². The minimum absolute atomic E-state index is 0.382. The maximum atomic E-state index is 2.47. The van der Waals surface area contributed by atoms with Gasteiger partial charge in [0.25, 0.3) is 0 Å². The number of rotatable bonds is 3. The fourth-order valence-electron chi connectivity index (χ4n) is 10.4. The third-order valence-electron chi connectivity index (χ3n) is 12.8. The maximum Gasteiger partial charge on any atom is 0.0735 e. The zero-order chi connectivity index (χ0) is 38.0. The van der Waals surface area contributed by atoms with Crippen molar-refractivity contribution in [2.24, 2.45) is 0 Å². The van der Waals surface area contributed by atoms with Gasteiger partial charge >= 0.3 is 0 Å². The van der Waals surface area contributed by atoms with Gasteiger partial charge in [0.1, 0.15) is 0 Å². The molecule has 2 nitrogen and oxygen atoms in total. The maximum absolute atomic E-state index is 2.47. The third-order valence-corrected chi connectivity index (χ3v) is 13.9. The topological polar surface area (TPSA) is 9.86 Å². The van der Waals surface area contributed by atoms with E-state index in [1.54, 1.807) is 0 Å². The zero-order valence-electron chi connectivity index (χ0n) is 31.4. The normalized spacial score (nSPS) is 13.6. The van der Waals surface area contributed by atoms with Crippen LogP contribution in [0.25, 0.3) is 77.2 Å². The van der Waals surface area contributed by atoms with Crippen molar-refractivity contribution in [2.45, 2.75) is 15.2 Å². The summed E-state index contributed by atoms with van der Waals surface area (Å²) < 4.78 is 4.85. The Kier molecular flexibility index (Phi) is 6.62. The highest BCUT2D eigenvalue weighted by Crippen LogP contribution is 2.62.